The van der Waals surface area contributed by atoms with Gasteiger partial charge in [-0.2, -0.15) is 0 Å². The number of esters is 1. The average molecular weight is 364 g/mol. The fourth-order valence-electron chi connectivity index (χ4n) is 2.09. The molecular formula is C21H32O5. The Bertz CT molecular complexity index is 510. The molecule has 146 valence electrons. The minimum Gasteiger partial charge on any atom is -0.469 e. The number of rotatable bonds is 12. The second kappa shape index (κ2) is 16.6. The van der Waals surface area contributed by atoms with Gasteiger partial charge in [-0.05, 0) is 37.5 Å². The molecule has 0 spiro atoms. The Morgan fingerprint density at radius 2 is 1.73 bits per heavy atom. The number of methoxy groups -OCH3 is 1. The van der Waals surface area contributed by atoms with Crippen LogP contribution in [0.5, 0.6) is 0 Å². The summed E-state index contributed by atoms with van der Waals surface area (Å²) in [4.78, 5) is 11.0. The Kier molecular flexibility index (Phi) is 15.4. The van der Waals surface area contributed by atoms with E-state index in [0.29, 0.717) is 12.8 Å². The summed E-state index contributed by atoms with van der Waals surface area (Å²) in [6.45, 7) is 2.12. The summed E-state index contributed by atoms with van der Waals surface area (Å²) in [5.74, 6) is 5.26. The van der Waals surface area contributed by atoms with Crippen LogP contribution in [0, 0.1) is 11.8 Å². The van der Waals surface area contributed by atoms with Gasteiger partial charge in [-0.1, -0.05) is 56.3 Å². The molecule has 0 aromatic carbocycles. The predicted octanol–water partition coefficient (Wildman–Crippen LogP) is 2.66. The van der Waals surface area contributed by atoms with Gasteiger partial charge in [0.2, 0.25) is 0 Å². The molecule has 3 atom stereocenters. The molecule has 0 unspecified atom stereocenters. The van der Waals surface area contributed by atoms with Crippen molar-refractivity contribution in [3.05, 3.63) is 36.5 Å². The van der Waals surface area contributed by atoms with Crippen molar-refractivity contribution in [2.75, 3.05) is 7.11 Å². The molecule has 0 fully saturated rings. The second-order valence-corrected chi connectivity index (χ2v) is 5.98. The minimum atomic E-state index is -0.997. The summed E-state index contributed by atoms with van der Waals surface area (Å²) in [5.41, 5.74) is 0. The predicted molar refractivity (Wildman–Crippen MR) is 103 cm³/mol. The second-order valence-electron chi connectivity index (χ2n) is 5.98. The van der Waals surface area contributed by atoms with Crippen LogP contribution in [0.1, 0.15) is 51.9 Å². The fraction of sp³-hybridized carbons (Fsp3) is 0.571. The van der Waals surface area contributed by atoms with E-state index < -0.39 is 18.3 Å². The highest BCUT2D eigenvalue weighted by molar-refractivity contribution is 5.68. The Morgan fingerprint density at radius 3 is 2.42 bits per heavy atom. The van der Waals surface area contributed by atoms with E-state index in [1.807, 2.05) is 0 Å². The summed E-state index contributed by atoms with van der Waals surface area (Å²) in [5, 5.41) is 29.2. The molecule has 0 aromatic heterocycles. The summed E-state index contributed by atoms with van der Waals surface area (Å²) < 4.78 is 4.51. The molecular weight excluding hydrogens is 332 g/mol. The first-order valence-corrected chi connectivity index (χ1v) is 9.13. The lowest BCUT2D eigenvalue weighted by Crippen LogP contribution is -2.23. The summed E-state index contributed by atoms with van der Waals surface area (Å²) in [6, 6.07) is 0. The van der Waals surface area contributed by atoms with E-state index in [9.17, 15) is 20.1 Å². The third kappa shape index (κ3) is 14.5. The molecule has 0 amide bonds. The Labute approximate surface area is 157 Å². The molecule has 0 radical (unpaired) electrons. The normalized spacial score (nSPS) is 15.1. The van der Waals surface area contributed by atoms with Crippen LogP contribution in [0.25, 0.3) is 0 Å². The monoisotopic (exact) mass is 364 g/mol. The lowest BCUT2D eigenvalue weighted by atomic mass is 10.1. The van der Waals surface area contributed by atoms with Crippen molar-refractivity contribution >= 4 is 5.97 Å². The molecule has 0 aliphatic carbocycles. The quantitative estimate of drug-likeness (QED) is 0.214. The molecule has 3 N–H and O–H groups in total. The maximum atomic E-state index is 11.0. The number of hydrogen-bond acceptors (Lipinski definition) is 5. The van der Waals surface area contributed by atoms with E-state index in [2.05, 4.69) is 23.5 Å². The highest BCUT2D eigenvalue weighted by atomic mass is 16.5. The maximum absolute atomic E-state index is 11.0. The van der Waals surface area contributed by atoms with E-state index in [0.717, 1.165) is 25.7 Å². The van der Waals surface area contributed by atoms with Crippen LogP contribution >= 0.6 is 0 Å². The highest BCUT2D eigenvalue weighted by Gasteiger charge is 2.13. The SMILES string of the molecule is CCCCC[C@@H](O)/C=C/C#C/C=C/C=C/[C@@H](O)[C@@H](O)CCCC(=O)OC. The Morgan fingerprint density at radius 1 is 1.00 bits per heavy atom. The van der Waals surface area contributed by atoms with E-state index >= 15 is 0 Å². The zero-order chi connectivity index (χ0) is 19.6. The Hall–Kier alpha value is -1.87. The van der Waals surface area contributed by atoms with Gasteiger partial charge in [-0.25, -0.2) is 0 Å². The molecule has 0 aromatic rings. The highest BCUT2D eigenvalue weighted by Crippen LogP contribution is 2.07. The first-order valence-electron chi connectivity index (χ1n) is 9.13. The van der Waals surface area contributed by atoms with Crippen LogP contribution in [0.3, 0.4) is 0 Å². The van der Waals surface area contributed by atoms with Crippen LogP contribution in [0.15, 0.2) is 36.5 Å². The molecule has 5 heteroatoms. The van der Waals surface area contributed by atoms with Crippen LogP contribution in [0.4, 0.5) is 0 Å². The number of aliphatic hydroxyl groups is 3. The van der Waals surface area contributed by atoms with Gasteiger partial charge in [0.15, 0.2) is 0 Å². The van der Waals surface area contributed by atoms with Gasteiger partial charge in [-0.15, -0.1) is 0 Å². The van der Waals surface area contributed by atoms with Crippen molar-refractivity contribution < 1.29 is 24.9 Å². The van der Waals surface area contributed by atoms with Crippen molar-refractivity contribution in [1.82, 2.24) is 0 Å². The summed E-state index contributed by atoms with van der Waals surface area (Å²) >= 11 is 0. The standard InChI is InChI=1S/C21H32O5/c1-3-4-9-13-18(22)14-10-7-5-6-8-11-15-19(23)20(24)16-12-17-21(25)26-2/h6,8,10-11,14-15,18-20,22-24H,3-4,9,12-13,16-17H2,1-2H3/b8-6+,14-10+,15-11+/t18-,19-,20+/m1/s1. The number of allylic oxidation sites excluding steroid dienone is 4. The van der Waals surface area contributed by atoms with E-state index in [1.54, 1.807) is 30.4 Å². The average Bonchev–Trinajstić information content (AvgIpc) is 2.63. The third-order valence-corrected chi connectivity index (χ3v) is 3.69. The van der Waals surface area contributed by atoms with Gasteiger partial charge < -0.3 is 20.1 Å². The van der Waals surface area contributed by atoms with Crippen molar-refractivity contribution in [1.29, 1.82) is 0 Å². The molecule has 0 rings (SSSR count). The third-order valence-electron chi connectivity index (χ3n) is 3.69. The Balaban J connectivity index is 4.03. The minimum absolute atomic E-state index is 0.223. The van der Waals surface area contributed by atoms with E-state index in [4.69, 9.17) is 0 Å². The van der Waals surface area contributed by atoms with Gasteiger partial charge in [0.05, 0.1) is 25.4 Å². The first kappa shape index (κ1) is 24.1. The molecule has 0 heterocycles. The van der Waals surface area contributed by atoms with Crippen LogP contribution in [-0.2, 0) is 9.53 Å². The van der Waals surface area contributed by atoms with Gasteiger partial charge in [0.25, 0.3) is 0 Å². The number of carbonyl (C=O) groups is 1. The molecule has 0 aliphatic rings. The van der Waals surface area contributed by atoms with Gasteiger partial charge in [-0.3, -0.25) is 4.79 Å². The molecule has 5 nitrogen and oxygen atoms in total. The fourth-order valence-corrected chi connectivity index (χ4v) is 2.09. The molecule has 0 aliphatic heterocycles. The largest absolute Gasteiger partial charge is 0.469 e. The lowest BCUT2D eigenvalue weighted by molar-refractivity contribution is -0.140. The van der Waals surface area contributed by atoms with Crippen LogP contribution < -0.4 is 0 Å². The number of aliphatic hydroxyl groups excluding tert-OH is 3. The van der Waals surface area contributed by atoms with E-state index in [1.165, 1.54) is 13.2 Å². The lowest BCUT2D eigenvalue weighted by Gasteiger charge is -2.13. The number of unbranched alkanes of at least 4 members (excludes halogenated alkanes) is 2. The van der Waals surface area contributed by atoms with Crippen molar-refractivity contribution in [2.45, 2.75) is 70.2 Å². The zero-order valence-corrected chi connectivity index (χ0v) is 15.8. The van der Waals surface area contributed by atoms with Crippen LogP contribution in [0.2, 0.25) is 0 Å². The number of ether oxygens (including phenoxy) is 1. The van der Waals surface area contributed by atoms with Crippen molar-refractivity contribution in [2.24, 2.45) is 0 Å². The van der Waals surface area contributed by atoms with Crippen molar-refractivity contribution in [3.8, 4) is 11.8 Å². The maximum Gasteiger partial charge on any atom is 0.305 e. The van der Waals surface area contributed by atoms with Crippen LogP contribution in [-0.4, -0.2) is 46.7 Å². The molecule has 26 heavy (non-hydrogen) atoms. The summed E-state index contributed by atoms with van der Waals surface area (Å²) in [6.07, 6.45) is 12.3. The summed E-state index contributed by atoms with van der Waals surface area (Å²) in [7, 11) is 1.32. The first-order chi connectivity index (χ1) is 12.5. The zero-order valence-electron chi connectivity index (χ0n) is 15.8. The van der Waals surface area contributed by atoms with Gasteiger partial charge in [0.1, 0.15) is 0 Å². The smallest absolute Gasteiger partial charge is 0.305 e. The van der Waals surface area contributed by atoms with E-state index in [-0.39, 0.29) is 12.4 Å². The number of hydrogen-bond donors (Lipinski definition) is 3. The molecule has 0 saturated heterocycles. The number of carbonyl (C=O) groups excluding carboxylic acids is 1. The molecule has 0 bridgehead atoms. The topological polar surface area (TPSA) is 87.0 Å². The molecule has 0 saturated carbocycles. The van der Waals surface area contributed by atoms with Crippen molar-refractivity contribution in [3.63, 3.8) is 0 Å². The van der Waals surface area contributed by atoms with Gasteiger partial charge in [0, 0.05) is 6.42 Å². The van der Waals surface area contributed by atoms with Gasteiger partial charge >= 0.3 is 5.97 Å².